The van der Waals surface area contributed by atoms with Crippen molar-refractivity contribution in [2.45, 2.75) is 63.9 Å². The fourth-order valence-electron chi connectivity index (χ4n) is 3.47. The molecule has 2 amide bonds. The Morgan fingerprint density at radius 3 is 2.46 bits per heavy atom. The molecular weight excluding hydrogens is 381 g/mol. The first-order valence-electron chi connectivity index (χ1n) is 9.33. The first kappa shape index (κ1) is 20.5. The lowest BCUT2D eigenvalue weighted by Crippen LogP contribution is -2.21. The van der Waals surface area contributed by atoms with Crippen LogP contribution in [0.5, 0.6) is 0 Å². The van der Waals surface area contributed by atoms with Crippen molar-refractivity contribution in [3.63, 3.8) is 0 Å². The number of fused-ring (bicyclic) bond motifs is 1. The summed E-state index contributed by atoms with van der Waals surface area (Å²) in [6, 6.07) is 1.97. The van der Waals surface area contributed by atoms with Gasteiger partial charge in [0.15, 0.2) is 14.9 Å². The number of aryl methyl sites for hydroxylation is 1. The van der Waals surface area contributed by atoms with E-state index in [4.69, 9.17) is 5.14 Å². The molecule has 1 unspecified atom stereocenters. The van der Waals surface area contributed by atoms with Gasteiger partial charge in [-0.3, -0.25) is 0 Å². The molecule has 1 aromatic carbocycles. The van der Waals surface area contributed by atoms with Gasteiger partial charge in [-0.15, -0.1) is 4.36 Å². The zero-order chi connectivity index (χ0) is 20.6. The van der Waals surface area contributed by atoms with Crippen LogP contribution in [0.1, 0.15) is 62.9 Å². The van der Waals surface area contributed by atoms with Crippen LogP contribution in [0, 0.1) is 5.82 Å². The predicted molar refractivity (Wildman–Crippen MR) is 107 cm³/mol. The van der Waals surface area contributed by atoms with Gasteiger partial charge in [0.1, 0.15) is 11.6 Å². The van der Waals surface area contributed by atoms with Gasteiger partial charge in [0.25, 0.3) is 0 Å². The van der Waals surface area contributed by atoms with E-state index in [1.807, 2.05) is 27.7 Å². The molecule has 3 rings (SSSR count). The van der Waals surface area contributed by atoms with E-state index in [2.05, 4.69) is 14.7 Å². The number of aromatic nitrogens is 2. The first-order valence-corrected chi connectivity index (χ1v) is 10.9. The number of hydrogen-bond acceptors (Lipinski definition) is 3. The average molecular weight is 408 g/mol. The minimum Gasteiger partial charge on any atom is -0.319 e. The van der Waals surface area contributed by atoms with Gasteiger partial charge in [-0.05, 0) is 41.5 Å². The maximum Gasteiger partial charge on any atom is 0.354 e. The Balaban J connectivity index is 1.99. The molecule has 2 heterocycles. The van der Waals surface area contributed by atoms with Crippen molar-refractivity contribution in [3.05, 3.63) is 41.1 Å². The quantitative estimate of drug-likeness (QED) is 0.796. The van der Waals surface area contributed by atoms with Crippen molar-refractivity contribution in [3.8, 4) is 0 Å². The molecule has 0 saturated carbocycles. The van der Waals surface area contributed by atoms with Crippen LogP contribution in [0.25, 0.3) is 0 Å². The van der Waals surface area contributed by atoms with Gasteiger partial charge in [0.2, 0.25) is 0 Å². The lowest BCUT2D eigenvalue weighted by atomic mass is 9.92. The van der Waals surface area contributed by atoms with E-state index in [1.54, 1.807) is 4.57 Å². The lowest BCUT2D eigenvalue weighted by molar-refractivity contribution is 0.260. The molecule has 0 fully saturated rings. The molecule has 0 spiro atoms. The smallest absolute Gasteiger partial charge is 0.319 e. The number of benzene rings is 1. The zero-order valence-corrected chi connectivity index (χ0v) is 17.3. The number of urea groups is 1. The van der Waals surface area contributed by atoms with Crippen LogP contribution in [0.4, 0.5) is 14.9 Å². The van der Waals surface area contributed by atoms with Crippen molar-refractivity contribution in [2.75, 3.05) is 5.32 Å². The van der Waals surface area contributed by atoms with Crippen molar-refractivity contribution in [1.82, 2.24) is 9.55 Å². The summed E-state index contributed by atoms with van der Waals surface area (Å²) in [6.07, 6.45) is 3.10. The number of carbonyl (C=O) groups is 1. The van der Waals surface area contributed by atoms with E-state index in [-0.39, 0.29) is 22.7 Å². The summed E-state index contributed by atoms with van der Waals surface area (Å²) in [6.45, 7) is 8.30. The molecule has 2 aromatic rings. The second-order valence-electron chi connectivity index (χ2n) is 7.63. The van der Waals surface area contributed by atoms with Crippen LogP contribution in [-0.4, -0.2) is 19.8 Å². The number of nitrogens with zero attached hydrogens (tertiary/aromatic N) is 3. The minimum atomic E-state index is -3.45. The average Bonchev–Trinajstić information content (AvgIpc) is 3.18. The summed E-state index contributed by atoms with van der Waals surface area (Å²) >= 11 is 0. The molecule has 1 atom stereocenters. The molecule has 9 heteroatoms. The summed E-state index contributed by atoms with van der Waals surface area (Å²) in [5.74, 6) is 0.388. The standard InChI is InChI=1S/C19H26FN5O2S/c1-11(2)14-8-13(20)9-15(12(3)4)18(14)23-19(26)24-28(21,27)17-10-22-16-6-5-7-25(16)17/h8-12H,5-7H2,1-4H3,(H3,21,23,24,26,27). The third-order valence-corrected chi connectivity index (χ3v) is 6.20. The number of anilines is 1. The maximum absolute atomic E-state index is 14.0. The summed E-state index contributed by atoms with van der Waals surface area (Å²) in [7, 11) is -3.45. The minimum absolute atomic E-state index is 0.0242. The normalized spacial score (nSPS) is 15.6. The molecule has 28 heavy (non-hydrogen) atoms. The second kappa shape index (κ2) is 7.63. The summed E-state index contributed by atoms with van der Waals surface area (Å²) in [4.78, 5) is 16.8. The molecule has 0 saturated heterocycles. The molecule has 0 aliphatic carbocycles. The van der Waals surface area contributed by atoms with E-state index < -0.39 is 15.9 Å². The number of amides is 2. The number of rotatable bonds is 4. The summed E-state index contributed by atoms with van der Waals surface area (Å²) < 4.78 is 32.5. The highest BCUT2D eigenvalue weighted by molar-refractivity contribution is 7.91. The largest absolute Gasteiger partial charge is 0.354 e. The summed E-state index contributed by atoms with van der Waals surface area (Å²) in [5, 5.41) is 8.86. The highest BCUT2D eigenvalue weighted by Crippen LogP contribution is 2.33. The Morgan fingerprint density at radius 1 is 1.29 bits per heavy atom. The molecule has 3 N–H and O–H groups in total. The molecule has 0 bridgehead atoms. The Bertz CT molecular complexity index is 1010. The molecule has 7 nitrogen and oxygen atoms in total. The zero-order valence-electron chi connectivity index (χ0n) is 16.5. The van der Waals surface area contributed by atoms with Gasteiger partial charge in [-0.2, -0.15) is 0 Å². The highest BCUT2D eigenvalue weighted by Gasteiger charge is 2.23. The van der Waals surface area contributed by atoms with Gasteiger partial charge >= 0.3 is 6.03 Å². The molecule has 1 aliphatic rings. The highest BCUT2D eigenvalue weighted by atomic mass is 32.2. The van der Waals surface area contributed by atoms with Crippen LogP contribution in [0.3, 0.4) is 0 Å². The number of nitrogens with two attached hydrogens (primary N) is 1. The molecular formula is C19H26FN5O2S. The van der Waals surface area contributed by atoms with E-state index >= 15 is 0 Å². The van der Waals surface area contributed by atoms with Crippen LogP contribution < -0.4 is 10.5 Å². The predicted octanol–water partition coefficient (Wildman–Crippen LogP) is 4.15. The van der Waals surface area contributed by atoms with Gasteiger partial charge in [-0.1, -0.05) is 27.7 Å². The van der Waals surface area contributed by atoms with E-state index in [1.165, 1.54) is 18.3 Å². The molecule has 0 radical (unpaired) electrons. The monoisotopic (exact) mass is 407 g/mol. The topological polar surface area (TPSA) is 102 Å². The van der Waals surface area contributed by atoms with Crippen LogP contribution in [0.15, 0.2) is 27.7 Å². The third kappa shape index (κ3) is 3.95. The third-order valence-electron chi connectivity index (χ3n) is 4.84. The van der Waals surface area contributed by atoms with Crippen molar-refractivity contribution in [2.24, 2.45) is 9.50 Å². The Hall–Kier alpha value is -2.26. The van der Waals surface area contributed by atoms with Crippen molar-refractivity contribution < 1.29 is 13.4 Å². The van der Waals surface area contributed by atoms with Crippen LogP contribution in [0.2, 0.25) is 0 Å². The van der Waals surface area contributed by atoms with Gasteiger partial charge in [-0.25, -0.2) is 23.5 Å². The van der Waals surface area contributed by atoms with Crippen LogP contribution in [-0.2, 0) is 22.9 Å². The molecule has 152 valence electrons. The number of carbonyl (C=O) groups excluding carboxylic acids is 1. The first-order chi connectivity index (χ1) is 13.1. The lowest BCUT2D eigenvalue weighted by Gasteiger charge is -2.20. The Morgan fingerprint density at radius 2 is 1.89 bits per heavy atom. The maximum atomic E-state index is 14.0. The fourth-order valence-corrected chi connectivity index (χ4v) is 4.57. The van der Waals surface area contributed by atoms with Crippen molar-refractivity contribution in [1.29, 1.82) is 0 Å². The van der Waals surface area contributed by atoms with Crippen molar-refractivity contribution >= 4 is 21.6 Å². The molecule has 1 aliphatic heterocycles. The second-order valence-corrected chi connectivity index (χ2v) is 9.36. The molecule has 1 aromatic heterocycles. The van der Waals surface area contributed by atoms with Gasteiger partial charge in [0, 0.05) is 18.7 Å². The fraction of sp³-hybridized carbons (Fsp3) is 0.474. The number of halogens is 1. The van der Waals surface area contributed by atoms with E-state index in [9.17, 15) is 13.4 Å². The van der Waals surface area contributed by atoms with Crippen LogP contribution >= 0.6 is 0 Å². The SMILES string of the molecule is CC(C)c1cc(F)cc(C(C)C)c1NC(=O)N=S(N)(=O)c1cnc2n1CCC2. The van der Waals surface area contributed by atoms with Gasteiger partial charge in [0.05, 0.1) is 6.20 Å². The Kier molecular flexibility index (Phi) is 5.58. The van der Waals surface area contributed by atoms with Gasteiger partial charge < -0.3 is 9.88 Å². The van der Waals surface area contributed by atoms with E-state index in [0.717, 1.165) is 18.7 Å². The Labute approximate surface area is 164 Å². The van der Waals surface area contributed by atoms with E-state index in [0.29, 0.717) is 23.4 Å². The number of nitrogens with one attached hydrogen (secondary N) is 1. The summed E-state index contributed by atoms with van der Waals surface area (Å²) in [5.41, 5.74) is 1.80. The number of imidazole rings is 1. The number of hydrogen-bond donors (Lipinski definition) is 2.